The van der Waals surface area contributed by atoms with Crippen LogP contribution < -0.4 is 10.1 Å². The van der Waals surface area contributed by atoms with Crippen molar-refractivity contribution >= 4 is 11.8 Å². The number of ether oxygens (including phenoxy) is 2. The predicted octanol–water partition coefficient (Wildman–Crippen LogP) is 7.30. The van der Waals surface area contributed by atoms with Crippen molar-refractivity contribution in [2.45, 2.75) is 43.4 Å². The second kappa shape index (κ2) is 13.9. The normalized spacial score (nSPS) is 17.9. The van der Waals surface area contributed by atoms with Gasteiger partial charge in [-0.1, -0.05) is 60.7 Å². The fraction of sp³-hybridized carbons (Fsp3) is 0.257. The van der Waals surface area contributed by atoms with Crippen LogP contribution in [0.2, 0.25) is 0 Å². The zero-order chi connectivity index (χ0) is 33.7. The van der Waals surface area contributed by atoms with E-state index in [1.165, 1.54) is 0 Å². The third kappa shape index (κ3) is 7.94. The van der Waals surface area contributed by atoms with Crippen molar-refractivity contribution in [3.8, 4) is 5.75 Å². The molecule has 0 bridgehead atoms. The summed E-state index contributed by atoms with van der Waals surface area (Å²) in [4.78, 5) is 19.1. The maximum Gasteiger partial charge on any atom is 0.416 e. The van der Waals surface area contributed by atoms with Crippen molar-refractivity contribution in [1.82, 2.24) is 5.32 Å². The van der Waals surface area contributed by atoms with Crippen LogP contribution in [0.15, 0.2) is 108 Å². The minimum absolute atomic E-state index is 0.00147. The molecule has 12 heteroatoms. The Kier molecular flexibility index (Phi) is 9.90. The zero-order valence-corrected chi connectivity index (χ0v) is 24.8. The van der Waals surface area contributed by atoms with E-state index in [2.05, 4.69) is 5.32 Å². The van der Waals surface area contributed by atoms with E-state index < -0.39 is 47.6 Å². The minimum Gasteiger partial charge on any atom is -0.494 e. The molecule has 0 aromatic heterocycles. The van der Waals surface area contributed by atoms with E-state index in [9.17, 15) is 31.1 Å². The molecular weight excluding hydrogens is 626 g/mol. The Bertz CT molecular complexity index is 1660. The maximum atomic E-state index is 14.3. The first-order valence-electron chi connectivity index (χ1n) is 14.7. The fourth-order valence-corrected chi connectivity index (χ4v) is 5.27. The third-order valence-electron chi connectivity index (χ3n) is 7.55. The van der Waals surface area contributed by atoms with E-state index in [1.807, 2.05) is 0 Å². The predicted molar refractivity (Wildman–Crippen MR) is 162 cm³/mol. The number of alkyl halides is 6. The number of aliphatic hydroxyl groups is 1. The van der Waals surface area contributed by atoms with Crippen LogP contribution in [-0.4, -0.2) is 35.7 Å². The SMILES string of the molecule is O=C(NCc1cc(C(F)(F)F)cc(C(F)(F)F)c1)[C@]1(Cc2ccccc2)N=C(c2ccc(OCCCO)cc2)O[C@@H]1c1ccccc1. The summed E-state index contributed by atoms with van der Waals surface area (Å²) in [5, 5.41) is 11.6. The Labute approximate surface area is 266 Å². The van der Waals surface area contributed by atoms with Gasteiger partial charge in [0.05, 0.1) is 17.7 Å². The van der Waals surface area contributed by atoms with Crippen LogP contribution in [-0.2, 0) is 34.8 Å². The monoisotopic (exact) mass is 656 g/mol. The van der Waals surface area contributed by atoms with Crippen LogP contribution in [0.3, 0.4) is 0 Å². The number of rotatable bonds is 11. The van der Waals surface area contributed by atoms with Gasteiger partial charge in [0.25, 0.3) is 5.91 Å². The summed E-state index contributed by atoms with van der Waals surface area (Å²) in [6.07, 6.45) is -10.6. The first kappa shape index (κ1) is 33.5. The summed E-state index contributed by atoms with van der Waals surface area (Å²) in [7, 11) is 0. The van der Waals surface area contributed by atoms with Gasteiger partial charge in [0.1, 0.15) is 5.75 Å². The molecule has 4 aromatic carbocycles. The summed E-state index contributed by atoms with van der Waals surface area (Å²) in [5.41, 5.74) is -3.26. The molecule has 0 aliphatic carbocycles. The molecule has 5 rings (SSSR count). The Hall–Kier alpha value is -4.84. The summed E-state index contributed by atoms with van der Waals surface area (Å²) in [6, 6.07) is 25.6. The zero-order valence-electron chi connectivity index (χ0n) is 24.8. The number of amides is 1. The molecule has 0 saturated carbocycles. The molecule has 0 fully saturated rings. The quantitative estimate of drug-likeness (QED) is 0.131. The highest BCUT2D eigenvalue weighted by Crippen LogP contribution is 2.43. The molecular formula is C35H30F6N2O4. The standard InChI is InChI=1S/C35H30F6N2O4/c36-34(37,38)27-18-24(19-28(20-27)35(39,40)41)22-42-32(45)33(21-23-8-3-1-4-9-23)30(25-10-5-2-6-11-25)47-31(43-33)26-12-14-29(15-13-26)46-17-7-16-44/h1-6,8-15,18-20,30,44H,7,16-17,21-22H2,(H,42,45)/t30-,33-/m1/s1. The van der Waals surface area contributed by atoms with Crippen molar-refractivity contribution in [3.63, 3.8) is 0 Å². The van der Waals surface area contributed by atoms with Crippen molar-refractivity contribution < 1.29 is 45.7 Å². The maximum absolute atomic E-state index is 14.3. The lowest BCUT2D eigenvalue weighted by molar-refractivity contribution is -0.143. The molecule has 4 aromatic rings. The first-order valence-corrected chi connectivity index (χ1v) is 14.7. The summed E-state index contributed by atoms with van der Waals surface area (Å²) < 4.78 is 93.1. The van der Waals surface area contributed by atoms with Crippen LogP contribution in [0.1, 0.15) is 45.9 Å². The molecule has 6 nitrogen and oxygen atoms in total. The van der Waals surface area contributed by atoms with Crippen molar-refractivity contribution in [1.29, 1.82) is 0 Å². The first-order chi connectivity index (χ1) is 22.4. The second-order valence-corrected chi connectivity index (χ2v) is 11.0. The lowest BCUT2D eigenvalue weighted by atomic mass is 9.82. The Balaban J connectivity index is 1.54. The van der Waals surface area contributed by atoms with Crippen molar-refractivity contribution in [2.75, 3.05) is 13.2 Å². The van der Waals surface area contributed by atoms with E-state index in [1.54, 1.807) is 84.9 Å². The van der Waals surface area contributed by atoms with E-state index in [4.69, 9.17) is 19.6 Å². The summed E-state index contributed by atoms with van der Waals surface area (Å²) >= 11 is 0. The molecule has 47 heavy (non-hydrogen) atoms. The molecule has 0 spiro atoms. The van der Waals surface area contributed by atoms with Gasteiger partial charge in [0.2, 0.25) is 5.90 Å². The van der Waals surface area contributed by atoms with Crippen LogP contribution in [0.25, 0.3) is 0 Å². The van der Waals surface area contributed by atoms with Crippen LogP contribution >= 0.6 is 0 Å². The van der Waals surface area contributed by atoms with Gasteiger partial charge in [0, 0.05) is 31.6 Å². The Morgan fingerprint density at radius 2 is 1.43 bits per heavy atom. The van der Waals surface area contributed by atoms with Crippen LogP contribution in [0.5, 0.6) is 5.75 Å². The topological polar surface area (TPSA) is 80.2 Å². The van der Waals surface area contributed by atoms with Crippen molar-refractivity contribution in [2.24, 2.45) is 4.99 Å². The smallest absolute Gasteiger partial charge is 0.416 e. The summed E-state index contributed by atoms with van der Waals surface area (Å²) in [5.74, 6) is -0.0987. The number of benzene rings is 4. The Morgan fingerprint density at radius 3 is 2.00 bits per heavy atom. The third-order valence-corrected chi connectivity index (χ3v) is 7.55. The van der Waals surface area contributed by atoms with Gasteiger partial charge in [-0.3, -0.25) is 4.79 Å². The van der Waals surface area contributed by atoms with E-state index in [-0.39, 0.29) is 30.6 Å². The molecule has 1 heterocycles. The van der Waals surface area contributed by atoms with E-state index in [0.717, 1.165) is 0 Å². The van der Waals surface area contributed by atoms with E-state index >= 15 is 0 Å². The van der Waals surface area contributed by atoms with Gasteiger partial charge < -0.3 is 19.9 Å². The molecule has 0 unspecified atom stereocenters. The molecule has 1 aliphatic rings. The second-order valence-electron chi connectivity index (χ2n) is 11.0. The number of nitrogens with one attached hydrogen (secondary N) is 1. The summed E-state index contributed by atoms with van der Waals surface area (Å²) in [6.45, 7) is -0.346. The van der Waals surface area contributed by atoms with Crippen molar-refractivity contribution in [3.05, 3.63) is 137 Å². The van der Waals surface area contributed by atoms with Gasteiger partial charge in [-0.15, -0.1) is 0 Å². The lowest BCUT2D eigenvalue weighted by Crippen LogP contribution is -2.49. The Morgan fingerprint density at radius 1 is 0.830 bits per heavy atom. The van der Waals surface area contributed by atoms with E-state index in [0.29, 0.717) is 47.6 Å². The van der Waals surface area contributed by atoms with Crippen LogP contribution in [0.4, 0.5) is 26.3 Å². The number of carbonyl (C=O) groups excluding carboxylic acids is 1. The number of hydrogen-bond acceptors (Lipinski definition) is 5. The number of halogens is 6. The fourth-order valence-electron chi connectivity index (χ4n) is 5.27. The minimum atomic E-state index is -5.04. The molecule has 0 saturated heterocycles. The highest BCUT2D eigenvalue weighted by Gasteiger charge is 2.53. The average Bonchev–Trinajstić information content (AvgIpc) is 3.44. The largest absolute Gasteiger partial charge is 0.494 e. The molecule has 1 aliphatic heterocycles. The lowest BCUT2D eigenvalue weighted by Gasteiger charge is -2.31. The number of hydrogen-bond donors (Lipinski definition) is 2. The molecule has 2 N–H and O–H groups in total. The molecule has 246 valence electrons. The van der Waals surface area contributed by atoms with Gasteiger partial charge in [-0.25, -0.2) is 4.99 Å². The molecule has 2 atom stereocenters. The average molecular weight is 657 g/mol. The number of nitrogens with zero attached hydrogens (tertiary/aromatic N) is 1. The number of aliphatic imine (C=N–C) groups is 1. The highest BCUT2D eigenvalue weighted by molar-refractivity contribution is 6.01. The molecule has 0 radical (unpaired) electrons. The number of aliphatic hydroxyl groups excluding tert-OH is 1. The van der Waals surface area contributed by atoms with Crippen LogP contribution in [0, 0.1) is 0 Å². The highest BCUT2D eigenvalue weighted by atomic mass is 19.4. The van der Waals surface area contributed by atoms with Gasteiger partial charge in [-0.2, -0.15) is 26.3 Å². The van der Waals surface area contributed by atoms with Gasteiger partial charge in [-0.05, 0) is 59.2 Å². The van der Waals surface area contributed by atoms with Gasteiger partial charge >= 0.3 is 12.4 Å². The number of carbonyl (C=O) groups is 1. The molecule has 1 amide bonds. The van der Waals surface area contributed by atoms with Gasteiger partial charge in [0.15, 0.2) is 11.6 Å².